The second-order valence-electron chi connectivity index (χ2n) is 26.1. The first-order valence-corrected chi connectivity index (χ1v) is 37.8. The van der Waals surface area contributed by atoms with Gasteiger partial charge in [-0.05, 0) is 83.1 Å². The van der Waals surface area contributed by atoms with E-state index >= 15 is 0 Å². The first kappa shape index (κ1) is 81.2. The molecule has 2 N–H and O–H groups in total. The van der Waals surface area contributed by atoms with Gasteiger partial charge in [0.1, 0.15) is 19.3 Å². The fourth-order valence-corrected chi connectivity index (χ4v) is 11.7. The molecule has 3 atom stereocenters. The molecule has 0 heterocycles. The Hall–Kier alpha value is -1.77. The van der Waals surface area contributed by atoms with Crippen LogP contribution in [0.25, 0.3) is 0 Å². The van der Waals surface area contributed by atoms with E-state index in [4.69, 9.17) is 13.8 Å². The number of rotatable bonds is 67. The molecule has 0 aliphatic rings. The number of esters is 1. The number of amides is 1. The van der Waals surface area contributed by atoms with Gasteiger partial charge in [-0.15, -0.1) is 0 Å². The van der Waals surface area contributed by atoms with Gasteiger partial charge in [0.05, 0.1) is 33.8 Å². The Bertz CT molecular complexity index is 1510. The Balaban J connectivity index is 4.98. The van der Waals surface area contributed by atoms with E-state index in [1.54, 1.807) is 0 Å². The normalized spacial score (nSPS) is 13.7. The topological polar surface area (TPSA) is 111 Å². The van der Waals surface area contributed by atoms with Crippen LogP contribution in [0.1, 0.15) is 367 Å². The van der Waals surface area contributed by atoms with E-state index in [1.807, 2.05) is 33.3 Å². The van der Waals surface area contributed by atoms with Gasteiger partial charge in [0.25, 0.3) is 0 Å². The van der Waals surface area contributed by atoms with Crippen LogP contribution in [0.2, 0.25) is 0 Å². The summed E-state index contributed by atoms with van der Waals surface area (Å²) in [5, 5.41) is 3.08. The summed E-state index contributed by atoms with van der Waals surface area (Å²) in [6.07, 6.45) is 78.8. The monoisotopic (exact) mass is 1190 g/mol. The van der Waals surface area contributed by atoms with E-state index in [0.717, 1.165) is 57.8 Å². The van der Waals surface area contributed by atoms with Crippen LogP contribution in [-0.4, -0.2) is 74.3 Å². The standard InChI is InChI=1S/C73H141N2O7P/c1-7-10-13-16-19-22-25-27-29-31-33-35-37-39-41-43-45-47-50-53-56-59-62-65-72(76)74-70(69-81-83(78,79)80-68-67-75(4,5)6)71(64-61-58-55-52-49-24-21-18-15-12-9-3)82-73(77)66-63-60-57-54-51-48-46-44-42-40-38-36-34-32-30-28-26-23-20-17-14-11-8-2/h27-30,61,64,70-71H,7-26,31-60,62-63,65-69H2,1-6H3,(H-,74,76,78,79)/p+1/b29-27+,30-28+,64-61+. The number of likely N-dealkylation sites (N-methyl/N-ethyl adjacent to an activating group) is 1. The second kappa shape index (κ2) is 63.3. The molecule has 0 aromatic heterocycles. The summed E-state index contributed by atoms with van der Waals surface area (Å²) in [6.45, 7) is 7.06. The van der Waals surface area contributed by atoms with Crippen molar-refractivity contribution in [2.75, 3.05) is 40.9 Å². The summed E-state index contributed by atoms with van der Waals surface area (Å²) >= 11 is 0. The third kappa shape index (κ3) is 64.5. The third-order valence-electron chi connectivity index (χ3n) is 16.6. The van der Waals surface area contributed by atoms with Gasteiger partial charge in [-0.25, -0.2) is 4.57 Å². The summed E-state index contributed by atoms with van der Waals surface area (Å²) in [6, 6.07) is -0.846. The molecule has 0 bridgehead atoms. The van der Waals surface area contributed by atoms with Gasteiger partial charge in [0.2, 0.25) is 5.91 Å². The van der Waals surface area contributed by atoms with Gasteiger partial charge >= 0.3 is 13.8 Å². The van der Waals surface area contributed by atoms with Crippen LogP contribution in [-0.2, 0) is 27.9 Å². The van der Waals surface area contributed by atoms with Gasteiger partial charge in [0.15, 0.2) is 0 Å². The molecule has 83 heavy (non-hydrogen) atoms. The quantitative estimate of drug-likeness (QED) is 0.0205. The lowest BCUT2D eigenvalue weighted by Gasteiger charge is -2.27. The smallest absolute Gasteiger partial charge is 0.456 e. The van der Waals surface area contributed by atoms with E-state index in [-0.39, 0.29) is 25.1 Å². The zero-order valence-corrected chi connectivity index (χ0v) is 57.1. The molecule has 0 rings (SSSR count). The van der Waals surface area contributed by atoms with Crippen LogP contribution in [0.4, 0.5) is 0 Å². The highest BCUT2D eigenvalue weighted by atomic mass is 31.2. The first-order valence-electron chi connectivity index (χ1n) is 36.3. The zero-order chi connectivity index (χ0) is 60.7. The molecular formula is C73H142N2O7P+. The number of carbonyl (C=O) groups excluding carboxylic acids is 2. The lowest BCUT2D eigenvalue weighted by Crippen LogP contribution is -2.47. The molecule has 0 aliphatic carbocycles. The zero-order valence-electron chi connectivity index (χ0n) is 56.2. The molecular weight excluding hydrogens is 1050 g/mol. The number of allylic oxidation sites excluding steroid dienone is 5. The van der Waals surface area contributed by atoms with Crippen LogP contribution in [0.3, 0.4) is 0 Å². The van der Waals surface area contributed by atoms with Crippen LogP contribution in [0.15, 0.2) is 36.5 Å². The number of hydrogen-bond donors (Lipinski definition) is 2. The Morgan fingerprint density at radius 1 is 0.410 bits per heavy atom. The molecule has 1 amide bonds. The number of nitrogens with one attached hydrogen (secondary N) is 1. The van der Waals surface area contributed by atoms with Crippen molar-refractivity contribution in [3.05, 3.63) is 36.5 Å². The van der Waals surface area contributed by atoms with Crippen LogP contribution in [0, 0.1) is 0 Å². The number of hydrogen-bond acceptors (Lipinski definition) is 6. The van der Waals surface area contributed by atoms with Crippen molar-refractivity contribution in [2.45, 2.75) is 380 Å². The average molecular weight is 1190 g/mol. The molecule has 0 aliphatic heterocycles. The summed E-state index contributed by atoms with van der Waals surface area (Å²) in [5.74, 6) is -0.487. The van der Waals surface area contributed by atoms with Crippen molar-refractivity contribution in [3.63, 3.8) is 0 Å². The van der Waals surface area contributed by atoms with Crippen molar-refractivity contribution in [1.29, 1.82) is 0 Å². The lowest BCUT2D eigenvalue weighted by molar-refractivity contribution is -0.870. The number of carbonyl (C=O) groups is 2. The number of phosphoric ester groups is 1. The Morgan fingerprint density at radius 3 is 1.02 bits per heavy atom. The fourth-order valence-electron chi connectivity index (χ4n) is 10.9. The summed E-state index contributed by atoms with van der Waals surface area (Å²) in [4.78, 5) is 37.9. The fraction of sp³-hybridized carbons (Fsp3) is 0.890. The Labute approximate surface area is 516 Å². The maximum atomic E-state index is 13.6. The largest absolute Gasteiger partial charge is 0.472 e. The van der Waals surface area contributed by atoms with Crippen LogP contribution in [0.5, 0.6) is 0 Å². The minimum absolute atomic E-state index is 0.0429. The van der Waals surface area contributed by atoms with E-state index in [1.165, 1.54) is 276 Å². The Kier molecular flexibility index (Phi) is 61.9. The minimum Gasteiger partial charge on any atom is -0.456 e. The van der Waals surface area contributed by atoms with Crippen LogP contribution < -0.4 is 5.32 Å². The molecule has 0 spiro atoms. The predicted molar refractivity (Wildman–Crippen MR) is 360 cm³/mol. The summed E-state index contributed by atoms with van der Waals surface area (Å²) < 4.78 is 30.8. The highest BCUT2D eigenvalue weighted by molar-refractivity contribution is 7.47. The number of quaternary nitrogens is 1. The number of ether oxygens (including phenoxy) is 1. The molecule has 3 unspecified atom stereocenters. The van der Waals surface area contributed by atoms with Crippen molar-refractivity contribution >= 4 is 19.7 Å². The summed E-state index contributed by atoms with van der Waals surface area (Å²) in [5.41, 5.74) is 0. The van der Waals surface area contributed by atoms with E-state index in [9.17, 15) is 19.0 Å². The maximum Gasteiger partial charge on any atom is 0.472 e. The number of phosphoric acid groups is 1. The van der Waals surface area contributed by atoms with Gasteiger partial charge < -0.3 is 19.4 Å². The van der Waals surface area contributed by atoms with E-state index in [0.29, 0.717) is 23.9 Å². The highest BCUT2D eigenvalue weighted by Gasteiger charge is 2.30. The average Bonchev–Trinajstić information content (AvgIpc) is 3.51. The van der Waals surface area contributed by atoms with Crippen molar-refractivity contribution in [1.82, 2.24) is 5.32 Å². The predicted octanol–water partition coefficient (Wildman–Crippen LogP) is 23.0. The highest BCUT2D eigenvalue weighted by Crippen LogP contribution is 2.43. The SMILES string of the molecule is CCCCCCCC/C=C/CCCCCCCCCCCCCCCC(=O)NC(COP(=O)(O)OCC[N+](C)(C)C)C(/C=C/CCCCCCCCCCC)OC(=O)CCCCCCCCCCCCCCC/C=C/CCCCCCCC. The van der Waals surface area contributed by atoms with Crippen molar-refractivity contribution in [2.24, 2.45) is 0 Å². The molecule has 490 valence electrons. The first-order chi connectivity index (χ1) is 40.4. The molecule has 0 saturated carbocycles. The number of nitrogens with zero attached hydrogens (tertiary/aromatic N) is 1. The maximum absolute atomic E-state index is 13.6. The molecule has 0 aromatic rings. The molecule has 0 saturated heterocycles. The molecule has 9 nitrogen and oxygen atoms in total. The van der Waals surface area contributed by atoms with Crippen LogP contribution >= 0.6 is 7.82 Å². The van der Waals surface area contributed by atoms with Gasteiger partial charge in [-0.3, -0.25) is 18.6 Å². The number of unbranched alkanes of at least 4 members (excludes halogenated alkanes) is 47. The molecule has 0 aromatic carbocycles. The third-order valence-corrected chi connectivity index (χ3v) is 17.5. The molecule has 0 radical (unpaired) electrons. The van der Waals surface area contributed by atoms with E-state index in [2.05, 4.69) is 50.4 Å². The van der Waals surface area contributed by atoms with E-state index < -0.39 is 20.0 Å². The lowest BCUT2D eigenvalue weighted by atomic mass is 10.0. The molecule has 10 heteroatoms. The van der Waals surface area contributed by atoms with Crippen molar-refractivity contribution in [3.8, 4) is 0 Å². The van der Waals surface area contributed by atoms with Gasteiger partial charge in [0, 0.05) is 12.8 Å². The summed E-state index contributed by atoms with van der Waals surface area (Å²) in [7, 11) is 1.51. The minimum atomic E-state index is -4.45. The molecule has 0 fully saturated rings. The van der Waals surface area contributed by atoms with Crippen molar-refractivity contribution < 1.29 is 37.3 Å². The van der Waals surface area contributed by atoms with Gasteiger partial charge in [-0.1, -0.05) is 308 Å². The van der Waals surface area contributed by atoms with Gasteiger partial charge in [-0.2, -0.15) is 0 Å². The second-order valence-corrected chi connectivity index (χ2v) is 27.6. The Morgan fingerprint density at radius 2 is 0.699 bits per heavy atom.